The lowest BCUT2D eigenvalue weighted by molar-refractivity contribution is 0.175. The average molecular weight is 491 g/mol. The second kappa shape index (κ2) is 8.84. The molecule has 3 aromatic heterocycles. The number of fused-ring (bicyclic) bond motifs is 1. The second-order valence-corrected chi connectivity index (χ2v) is 12.8. The lowest BCUT2D eigenvalue weighted by Gasteiger charge is -2.17. The van der Waals surface area contributed by atoms with Crippen molar-refractivity contribution >= 4 is 57.2 Å². The molecule has 0 radical (unpaired) electrons. The van der Waals surface area contributed by atoms with Crippen molar-refractivity contribution in [2.45, 2.75) is 0 Å². The summed E-state index contributed by atoms with van der Waals surface area (Å²) in [7, 11) is -0.603. The maximum Gasteiger partial charge on any atom is 0.181 e. The van der Waals surface area contributed by atoms with Gasteiger partial charge in [-0.1, -0.05) is 66.7 Å². The van der Waals surface area contributed by atoms with Gasteiger partial charge in [0.1, 0.15) is 13.2 Å². The summed E-state index contributed by atoms with van der Waals surface area (Å²) in [6.07, 6.45) is 0. The SMILES string of the molecule is c1ccc(P(c2ccccc2)c2ccc(-c3sc(-c4cccs4)c4c3OCCO4)s2)cc1. The van der Waals surface area contributed by atoms with E-state index in [0.717, 1.165) is 11.5 Å². The Bertz CT molecular complexity index is 1280. The Morgan fingerprint density at radius 1 is 0.594 bits per heavy atom. The molecule has 4 heterocycles. The van der Waals surface area contributed by atoms with Gasteiger partial charge in [-0.3, -0.25) is 0 Å². The van der Waals surface area contributed by atoms with E-state index in [0.29, 0.717) is 13.2 Å². The first kappa shape index (κ1) is 20.2. The minimum absolute atomic E-state index is 0.597. The highest BCUT2D eigenvalue weighted by Gasteiger charge is 2.28. The van der Waals surface area contributed by atoms with E-state index in [2.05, 4.69) is 90.3 Å². The predicted molar refractivity (Wildman–Crippen MR) is 141 cm³/mol. The maximum atomic E-state index is 6.13. The van der Waals surface area contributed by atoms with Crippen molar-refractivity contribution < 1.29 is 9.47 Å². The van der Waals surface area contributed by atoms with Crippen LogP contribution in [-0.4, -0.2) is 13.2 Å². The standard InChI is InChI=1S/C26H19O2PS3/c1-3-8-18(9-4-1)29(19-10-5-2-6-11-19)22-14-13-21(31-22)26-24-23(27-15-16-28-24)25(32-26)20-12-7-17-30-20/h1-14,17H,15-16H2. The van der Waals surface area contributed by atoms with Gasteiger partial charge in [0, 0.05) is 14.4 Å². The van der Waals surface area contributed by atoms with Crippen LogP contribution in [0.15, 0.2) is 90.3 Å². The summed E-state index contributed by atoms with van der Waals surface area (Å²) in [6.45, 7) is 1.20. The first-order valence-corrected chi connectivity index (χ1v) is 14.2. The van der Waals surface area contributed by atoms with Crippen LogP contribution in [0, 0.1) is 0 Å². The van der Waals surface area contributed by atoms with Crippen molar-refractivity contribution in [3.63, 3.8) is 0 Å². The number of thiophene rings is 3. The lowest BCUT2D eigenvalue weighted by Crippen LogP contribution is -2.18. The summed E-state index contributed by atoms with van der Waals surface area (Å²) in [4.78, 5) is 4.83. The molecule has 158 valence electrons. The van der Waals surface area contributed by atoms with Crippen LogP contribution in [0.3, 0.4) is 0 Å². The van der Waals surface area contributed by atoms with Crippen LogP contribution >= 0.6 is 41.9 Å². The quantitative estimate of drug-likeness (QED) is 0.254. The Morgan fingerprint density at radius 2 is 1.22 bits per heavy atom. The van der Waals surface area contributed by atoms with E-state index in [9.17, 15) is 0 Å². The van der Waals surface area contributed by atoms with Crippen molar-refractivity contribution in [3.8, 4) is 31.0 Å². The minimum Gasteiger partial charge on any atom is -0.485 e. The van der Waals surface area contributed by atoms with E-state index in [1.54, 1.807) is 22.7 Å². The summed E-state index contributed by atoms with van der Waals surface area (Å²) in [5.74, 6) is 1.81. The molecule has 0 bridgehead atoms. The van der Waals surface area contributed by atoms with Crippen molar-refractivity contribution in [3.05, 3.63) is 90.3 Å². The van der Waals surface area contributed by atoms with E-state index in [-0.39, 0.29) is 0 Å². The number of hydrogen-bond donors (Lipinski definition) is 0. The van der Waals surface area contributed by atoms with E-state index in [4.69, 9.17) is 9.47 Å². The first-order chi connectivity index (χ1) is 15.9. The van der Waals surface area contributed by atoms with Crippen LogP contribution in [0.1, 0.15) is 0 Å². The molecule has 0 amide bonds. The Morgan fingerprint density at radius 3 is 1.81 bits per heavy atom. The van der Waals surface area contributed by atoms with Gasteiger partial charge < -0.3 is 9.47 Å². The molecule has 2 nitrogen and oxygen atoms in total. The zero-order valence-electron chi connectivity index (χ0n) is 17.1. The molecule has 0 unspecified atom stereocenters. The topological polar surface area (TPSA) is 18.5 Å². The zero-order chi connectivity index (χ0) is 21.3. The van der Waals surface area contributed by atoms with Crippen LogP contribution < -0.4 is 24.7 Å². The highest BCUT2D eigenvalue weighted by Crippen LogP contribution is 2.55. The zero-order valence-corrected chi connectivity index (χ0v) is 20.4. The van der Waals surface area contributed by atoms with Gasteiger partial charge in [0.05, 0.1) is 9.75 Å². The monoisotopic (exact) mass is 490 g/mol. The van der Waals surface area contributed by atoms with Gasteiger partial charge in [-0.2, -0.15) is 0 Å². The second-order valence-electron chi connectivity index (χ2n) is 7.24. The molecule has 0 saturated carbocycles. The third kappa shape index (κ3) is 3.70. The highest BCUT2D eigenvalue weighted by molar-refractivity contribution is 7.84. The molecule has 0 spiro atoms. The number of benzene rings is 2. The molecule has 0 aliphatic carbocycles. The molecule has 2 aromatic carbocycles. The predicted octanol–water partition coefficient (Wildman–Crippen LogP) is 6.73. The van der Waals surface area contributed by atoms with Crippen LogP contribution in [0.5, 0.6) is 11.5 Å². The fraction of sp³-hybridized carbons (Fsp3) is 0.0769. The van der Waals surface area contributed by atoms with E-state index in [1.807, 2.05) is 11.3 Å². The van der Waals surface area contributed by atoms with Crippen molar-refractivity contribution in [2.24, 2.45) is 0 Å². The van der Waals surface area contributed by atoms with Crippen LogP contribution in [-0.2, 0) is 0 Å². The Labute approximate surface area is 200 Å². The van der Waals surface area contributed by atoms with Crippen molar-refractivity contribution in [1.82, 2.24) is 0 Å². The highest BCUT2D eigenvalue weighted by atomic mass is 32.1. The molecule has 6 rings (SSSR count). The van der Waals surface area contributed by atoms with Crippen molar-refractivity contribution in [1.29, 1.82) is 0 Å². The summed E-state index contributed by atoms with van der Waals surface area (Å²) in [5, 5.41) is 4.85. The Balaban J connectivity index is 1.45. The summed E-state index contributed by atoms with van der Waals surface area (Å²) in [6, 6.07) is 30.5. The minimum atomic E-state index is -0.603. The molecule has 5 aromatic rings. The first-order valence-electron chi connectivity index (χ1n) is 10.4. The molecule has 6 heteroatoms. The van der Waals surface area contributed by atoms with E-state index >= 15 is 0 Å². The summed E-state index contributed by atoms with van der Waals surface area (Å²) < 4.78 is 13.6. The molecule has 0 fully saturated rings. The number of hydrogen-bond acceptors (Lipinski definition) is 5. The molecule has 0 atom stereocenters. The molecule has 32 heavy (non-hydrogen) atoms. The third-order valence-electron chi connectivity index (χ3n) is 5.21. The van der Waals surface area contributed by atoms with Gasteiger partial charge in [-0.15, -0.1) is 34.0 Å². The summed E-state index contributed by atoms with van der Waals surface area (Å²) >= 11 is 5.40. The molecule has 0 N–H and O–H groups in total. The number of rotatable bonds is 5. The van der Waals surface area contributed by atoms with Gasteiger partial charge in [-0.25, -0.2) is 0 Å². The molecular formula is C26H19O2PS3. The van der Waals surface area contributed by atoms with E-state index < -0.39 is 7.92 Å². The largest absolute Gasteiger partial charge is 0.485 e. The maximum absolute atomic E-state index is 6.13. The normalized spacial score (nSPS) is 12.9. The van der Waals surface area contributed by atoms with Gasteiger partial charge >= 0.3 is 0 Å². The van der Waals surface area contributed by atoms with E-state index in [1.165, 1.54) is 34.7 Å². The molecular weight excluding hydrogens is 471 g/mol. The summed E-state index contributed by atoms with van der Waals surface area (Å²) in [5.41, 5.74) is 0. The van der Waals surface area contributed by atoms with Gasteiger partial charge in [0.2, 0.25) is 0 Å². The molecule has 1 aliphatic heterocycles. The van der Waals surface area contributed by atoms with Crippen LogP contribution in [0.4, 0.5) is 0 Å². The number of ether oxygens (including phenoxy) is 2. The smallest absolute Gasteiger partial charge is 0.181 e. The Kier molecular flexibility index (Phi) is 5.58. The fourth-order valence-electron chi connectivity index (χ4n) is 3.81. The molecule has 1 aliphatic rings. The average Bonchev–Trinajstić information content (AvgIpc) is 3.61. The lowest BCUT2D eigenvalue weighted by atomic mass is 10.3. The van der Waals surface area contributed by atoms with Crippen LogP contribution in [0.2, 0.25) is 0 Å². The third-order valence-corrected chi connectivity index (χ3v) is 11.5. The molecule has 0 saturated heterocycles. The van der Waals surface area contributed by atoms with Gasteiger partial charge in [0.15, 0.2) is 11.5 Å². The van der Waals surface area contributed by atoms with Crippen molar-refractivity contribution in [2.75, 3.05) is 13.2 Å². The van der Waals surface area contributed by atoms with Crippen LogP contribution in [0.25, 0.3) is 19.5 Å². The Hall–Kier alpha value is -2.43. The van der Waals surface area contributed by atoms with Gasteiger partial charge in [-0.05, 0) is 42.1 Å². The fourth-order valence-corrected chi connectivity index (χ4v) is 9.97. The van der Waals surface area contributed by atoms with Gasteiger partial charge in [0.25, 0.3) is 0 Å².